The van der Waals surface area contributed by atoms with E-state index in [1.54, 1.807) is 19.2 Å². The van der Waals surface area contributed by atoms with Crippen LogP contribution in [0.2, 0.25) is 10.0 Å². The molecule has 2 aromatic carbocycles. The maximum Gasteiger partial charge on any atom is 0.490 e. The van der Waals surface area contributed by atoms with E-state index in [0.717, 1.165) is 29.5 Å². The van der Waals surface area contributed by atoms with Crippen LogP contribution in [0.3, 0.4) is 0 Å². The van der Waals surface area contributed by atoms with E-state index in [1.807, 2.05) is 29.2 Å². The summed E-state index contributed by atoms with van der Waals surface area (Å²) in [4.78, 5) is 52.0. The second-order valence-electron chi connectivity index (χ2n) is 10.1. The predicted molar refractivity (Wildman–Crippen MR) is 145 cm³/mol. The summed E-state index contributed by atoms with van der Waals surface area (Å²) in [5.41, 5.74) is 1.30. The minimum Gasteiger partial charge on any atom is -0.496 e. The highest BCUT2D eigenvalue weighted by Gasteiger charge is 2.72. The number of alkyl halides is 3. The van der Waals surface area contributed by atoms with Gasteiger partial charge in [0.05, 0.1) is 36.1 Å². The molecule has 0 bridgehead atoms. The summed E-state index contributed by atoms with van der Waals surface area (Å²) in [6.45, 7) is 0.591. The number of likely N-dealkylation sites (tertiary alicyclic amines) is 1. The van der Waals surface area contributed by atoms with Gasteiger partial charge in [0.1, 0.15) is 11.3 Å². The van der Waals surface area contributed by atoms with Gasteiger partial charge in [-0.15, -0.1) is 0 Å². The van der Waals surface area contributed by atoms with E-state index < -0.39 is 41.5 Å². The van der Waals surface area contributed by atoms with Crippen LogP contribution in [0.5, 0.6) is 5.75 Å². The van der Waals surface area contributed by atoms with Gasteiger partial charge in [-0.1, -0.05) is 41.4 Å². The fourth-order valence-electron chi connectivity index (χ4n) is 6.29. The fraction of sp³-hybridized carbons (Fsp3) is 0.429. The molecule has 1 N–H and O–H groups in total. The summed E-state index contributed by atoms with van der Waals surface area (Å²) >= 11 is 12.3. The van der Waals surface area contributed by atoms with Crippen molar-refractivity contribution in [3.63, 3.8) is 0 Å². The number of amides is 2. The van der Waals surface area contributed by atoms with Gasteiger partial charge >= 0.3 is 18.1 Å². The van der Waals surface area contributed by atoms with E-state index in [-0.39, 0.29) is 11.8 Å². The molecular formula is C28H27Cl2F3N2O7. The molecule has 0 spiro atoms. The van der Waals surface area contributed by atoms with Crippen molar-refractivity contribution < 1.29 is 46.9 Å². The number of nitrogens with zero attached hydrogens (tertiary/aromatic N) is 2. The summed E-state index contributed by atoms with van der Waals surface area (Å²) in [6, 6.07) is 10.6. The molecule has 5 rings (SSSR count). The summed E-state index contributed by atoms with van der Waals surface area (Å²) in [5, 5.41) is 8.02. The van der Waals surface area contributed by atoms with Crippen LogP contribution in [0, 0.1) is 11.8 Å². The molecule has 3 heterocycles. The lowest BCUT2D eigenvalue weighted by atomic mass is 9.75. The number of rotatable bonds is 4. The second-order valence-corrected chi connectivity index (χ2v) is 11.0. The zero-order valence-electron chi connectivity index (χ0n) is 22.7. The monoisotopic (exact) mass is 630 g/mol. The minimum atomic E-state index is -5.08. The lowest BCUT2D eigenvalue weighted by Crippen LogP contribution is -2.59. The average molecular weight is 631 g/mol. The Morgan fingerprint density at radius 2 is 1.69 bits per heavy atom. The molecule has 2 aromatic rings. The Labute approximate surface area is 249 Å². The highest BCUT2D eigenvalue weighted by atomic mass is 35.5. The van der Waals surface area contributed by atoms with Crippen molar-refractivity contribution in [2.75, 3.05) is 27.8 Å². The molecule has 9 nitrogen and oxygen atoms in total. The first-order chi connectivity index (χ1) is 19.7. The molecule has 3 unspecified atom stereocenters. The molecule has 4 atom stereocenters. The standard InChI is InChI=1S/C26H26Cl2N2O5.C2HF3O2/c1-29-23(31)20-21(24(29)32)26(25(33)35-3)10-4-5-11-30(26)22(20)15-6-8-16(19(13-15)34-2)14-7-9-17(27)18(28)12-14;3-2(4,5)1(6)7/h6-9,12-13,20-22H,4-5,10-11H2,1-3H3;(H,6,7)/t20?,21?,22?,26-;/m0./s1. The molecule has 226 valence electrons. The van der Waals surface area contributed by atoms with E-state index in [9.17, 15) is 27.6 Å². The van der Waals surface area contributed by atoms with Crippen molar-refractivity contribution in [3.8, 4) is 16.9 Å². The molecule has 2 amide bonds. The van der Waals surface area contributed by atoms with Crippen LogP contribution in [0.4, 0.5) is 13.2 Å². The molecule has 3 aliphatic heterocycles. The van der Waals surface area contributed by atoms with Crippen LogP contribution < -0.4 is 4.74 Å². The first-order valence-corrected chi connectivity index (χ1v) is 13.6. The van der Waals surface area contributed by atoms with Crippen LogP contribution in [0.1, 0.15) is 30.9 Å². The van der Waals surface area contributed by atoms with Crippen molar-refractivity contribution in [3.05, 3.63) is 52.0 Å². The van der Waals surface area contributed by atoms with E-state index in [2.05, 4.69) is 0 Å². The second kappa shape index (κ2) is 11.7. The number of halogens is 5. The number of carboxylic acids is 1. The van der Waals surface area contributed by atoms with Gasteiger partial charge in [-0.25, -0.2) is 4.79 Å². The lowest BCUT2D eigenvalue weighted by Gasteiger charge is -2.44. The predicted octanol–water partition coefficient (Wildman–Crippen LogP) is 4.99. The maximum atomic E-state index is 13.4. The molecular weight excluding hydrogens is 604 g/mol. The number of aliphatic carboxylic acids is 1. The number of carboxylic acid groups (broad SMARTS) is 1. The van der Waals surface area contributed by atoms with Crippen LogP contribution in [0.25, 0.3) is 11.1 Å². The van der Waals surface area contributed by atoms with Crippen molar-refractivity contribution in [1.82, 2.24) is 9.80 Å². The number of fused-ring (bicyclic) bond motifs is 3. The summed E-state index contributed by atoms with van der Waals surface area (Å²) in [5.74, 6) is -4.66. The Bertz CT molecular complexity index is 1440. The quantitative estimate of drug-likeness (QED) is 0.371. The number of piperidine rings is 1. The number of imide groups is 1. The van der Waals surface area contributed by atoms with E-state index in [0.29, 0.717) is 28.8 Å². The molecule has 0 aromatic heterocycles. The highest BCUT2D eigenvalue weighted by Crippen LogP contribution is 2.58. The minimum absolute atomic E-state index is 0.268. The number of carbonyl (C=O) groups excluding carboxylic acids is 3. The van der Waals surface area contributed by atoms with Gasteiger partial charge < -0.3 is 14.6 Å². The number of hydrogen-bond acceptors (Lipinski definition) is 7. The van der Waals surface area contributed by atoms with Gasteiger partial charge in [0.2, 0.25) is 11.8 Å². The van der Waals surface area contributed by atoms with Gasteiger partial charge in [-0.05, 0) is 55.1 Å². The number of carbonyl (C=O) groups is 4. The molecule has 0 aliphatic carbocycles. The SMILES string of the molecule is COC(=O)[C@@]12CCCCN1C(c1ccc(-c3ccc(Cl)c(Cl)c3)c(OC)c1)C1C(=O)N(C)C(=O)C12.O=C(O)C(F)(F)F. The Morgan fingerprint density at radius 1 is 1.02 bits per heavy atom. The molecule has 0 saturated carbocycles. The smallest absolute Gasteiger partial charge is 0.490 e. The van der Waals surface area contributed by atoms with Gasteiger partial charge in [0.15, 0.2) is 0 Å². The molecule has 0 radical (unpaired) electrons. The largest absolute Gasteiger partial charge is 0.496 e. The number of methoxy groups -OCH3 is 2. The molecule has 3 aliphatic rings. The Morgan fingerprint density at radius 3 is 2.26 bits per heavy atom. The topological polar surface area (TPSA) is 113 Å². The highest BCUT2D eigenvalue weighted by molar-refractivity contribution is 6.42. The lowest BCUT2D eigenvalue weighted by molar-refractivity contribution is -0.192. The van der Waals surface area contributed by atoms with Gasteiger partial charge in [0, 0.05) is 18.7 Å². The maximum absolute atomic E-state index is 13.4. The van der Waals surface area contributed by atoms with Crippen molar-refractivity contribution >= 4 is 47.0 Å². The third-order valence-electron chi connectivity index (χ3n) is 8.06. The first kappa shape index (κ1) is 31.6. The molecule has 42 heavy (non-hydrogen) atoms. The molecule has 3 saturated heterocycles. The molecule has 3 fully saturated rings. The van der Waals surface area contributed by atoms with Crippen molar-refractivity contribution in [2.24, 2.45) is 11.8 Å². The van der Waals surface area contributed by atoms with Gasteiger partial charge in [-0.3, -0.25) is 24.2 Å². The van der Waals surface area contributed by atoms with E-state index in [1.165, 1.54) is 19.1 Å². The van der Waals surface area contributed by atoms with E-state index >= 15 is 0 Å². The number of ether oxygens (including phenoxy) is 2. The Kier molecular flexibility index (Phi) is 8.82. The Hall–Kier alpha value is -3.35. The fourth-order valence-corrected chi connectivity index (χ4v) is 6.59. The van der Waals surface area contributed by atoms with Crippen LogP contribution in [-0.4, -0.2) is 78.2 Å². The third-order valence-corrected chi connectivity index (χ3v) is 8.80. The number of hydrogen-bond donors (Lipinski definition) is 1. The first-order valence-electron chi connectivity index (χ1n) is 12.8. The van der Waals surface area contributed by atoms with Crippen LogP contribution in [0.15, 0.2) is 36.4 Å². The Balaban J connectivity index is 0.000000517. The van der Waals surface area contributed by atoms with Gasteiger partial charge in [-0.2, -0.15) is 13.2 Å². The van der Waals surface area contributed by atoms with Crippen molar-refractivity contribution in [1.29, 1.82) is 0 Å². The summed E-state index contributed by atoms with van der Waals surface area (Å²) in [7, 11) is 4.41. The number of esters is 1. The van der Waals surface area contributed by atoms with Gasteiger partial charge in [0.25, 0.3) is 0 Å². The third kappa shape index (κ3) is 5.20. The van der Waals surface area contributed by atoms with Crippen LogP contribution in [-0.2, 0) is 23.9 Å². The summed E-state index contributed by atoms with van der Waals surface area (Å²) in [6.07, 6.45) is -2.96. The normalized spacial score (nSPS) is 25.3. The number of benzene rings is 2. The van der Waals surface area contributed by atoms with Crippen LogP contribution >= 0.6 is 23.2 Å². The zero-order valence-corrected chi connectivity index (χ0v) is 24.2. The summed E-state index contributed by atoms with van der Waals surface area (Å²) < 4.78 is 42.7. The van der Waals surface area contributed by atoms with E-state index in [4.69, 9.17) is 42.6 Å². The zero-order chi connectivity index (χ0) is 31.1. The average Bonchev–Trinajstić information content (AvgIpc) is 3.39. The molecule has 14 heteroatoms. The van der Waals surface area contributed by atoms with Crippen molar-refractivity contribution in [2.45, 2.75) is 37.0 Å².